The predicted molar refractivity (Wildman–Crippen MR) is 100 cm³/mol. The van der Waals surface area contributed by atoms with Gasteiger partial charge in [0, 0.05) is 25.3 Å². The molecule has 4 nitrogen and oxygen atoms in total. The number of hydrogen-bond acceptors (Lipinski definition) is 3. The van der Waals surface area contributed by atoms with Gasteiger partial charge in [-0.2, -0.15) is 0 Å². The number of ether oxygens (including phenoxy) is 1. The van der Waals surface area contributed by atoms with Gasteiger partial charge in [-0.05, 0) is 36.5 Å². The highest BCUT2D eigenvalue weighted by molar-refractivity contribution is 5.77. The van der Waals surface area contributed by atoms with Crippen LogP contribution in [0.4, 0.5) is 5.69 Å². The van der Waals surface area contributed by atoms with Crippen molar-refractivity contribution in [3.8, 4) is 0 Å². The molecule has 0 saturated carbocycles. The lowest BCUT2D eigenvalue weighted by molar-refractivity contribution is -0.133. The van der Waals surface area contributed by atoms with Gasteiger partial charge >= 0.3 is 0 Å². The lowest BCUT2D eigenvalue weighted by Gasteiger charge is -2.28. The highest BCUT2D eigenvalue weighted by Crippen LogP contribution is 2.18. The summed E-state index contributed by atoms with van der Waals surface area (Å²) < 4.78 is 5.51. The summed E-state index contributed by atoms with van der Waals surface area (Å²) in [6, 6.07) is 18.3. The van der Waals surface area contributed by atoms with Crippen LogP contribution in [-0.2, 0) is 22.4 Å². The quantitative estimate of drug-likeness (QED) is 0.790. The average molecular weight is 338 g/mol. The molecule has 1 amide bonds. The molecule has 1 heterocycles. The van der Waals surface area contributed by atoms with Crippen molar-refractivity contribution in [3.63, 3.8) is 0 Å². The van der Waals surface area contributed by atoms with Crippen LogP contribution in [0.25, 0.3) is 0 Å². The molecule has 2 aromatic carbocycles. The van der Waals surface area contributed by atoms with Gasteiger partial charge in [0.15, 0.2) is 0 Å². The Balaban J connectivity index is 1.61. The number of para-hydroxylation sites is 1. The van der Waals surface area contributed by atoms with Crippen molar-refractivity contribution in [2.75, 3.05) is 25.5 Å². The summed E-state index contributed by atoms with van der Waals surface area (Å²) in [6.45, 7) is 2.13. The molecule has 1 aliphatic heterocycles. The maximum absolute atomic E-state index is 12.9. The Morgan fingerprint density at radius 3 is 2.56 bits per heavy atom. The summed E-state index contributed by atoms with van der Waals surface area (Å²) in [4.78, 5) is 14.9. The van der Waals surface area contributed by atoms with E-state index in [2.05, 4.69) is 12.1 Å². The molecule has 1 unspecified atom stereocenters. The van der Waals surface area contributed by atoms with E-state index < -0.39 is 0 Å². The van der Waals surface area contributed by atoms with Crippen LogP contribution in [-0.4, -0.2) is 36.6 Å². The fourth-order valence-electron chi connectivity index (χ4n) is 3.32. The standard InChI is InChI=1S/C21H26N2O2/c22-20-9-5-4-8-18(20)10-11-21(24)23(19-13-15-25-16-19)14-12-17-6-2-1-3-7-17/h1-9,19H,10-16,22H2. The first-order valence-electron chi connectivity index (χ1n) is 8.98. The first-order valence-corrected chi connectivity index (χ1v) is 8.98. The number of amides is 1. The Hall–Kier alpha value is -2.33. The van der Waals surface area contributed by atoms with E-state index in [1.807, 2.05) is 47.4 Å². The summed E-state index contributed by atoms with van der Waals surface area (Å²) in [6.07, 6.45) is 2.96. The normalized spacial score (nSPS) is 16.7. The third kappa shape index (κ3) is 4.83. The van der Waals surface area contributed by atoms with E-state index in [0.29, 0.717) is 19.4 Å². The van der Waals surface area contributed by atoms with Gasteiger partial charge in [-0.25, -0.2) is 0 Å². The van der Waals surface area contributed by atoms with Gasteiger partial charge in [-0.3, -0.25) is 4.79 Å². The number of nitrogen functional groups attached to an aromatic ring is 1. The zero-order valence-corrected chi connectivity index (χ0v) is 14.6. The van der Waals surface area contributed by atoms with Crippen molar-refractivity contribution in [3.05, 3.63) is 65.7 Å². The number of carbonyl (C=O) groups excluding carboxylic acids is 1. The first kappa shape index (κ1) is 17.5. The van der Waals surface area contributed by atoms with Crippen LogP contribution < -0.4 is 5.73 Å². The molecule has 1 atom stereocenters. The molecule has 0 aliphatic carbocycles. The smallest absolute Gasteiger partial charge is 0.223 e. The van der Waals surface area contributed by atoms with E-state index in [1.165, 1.54) is 5.56 Å². The molecule has 0 spiro atoms. The topological polar surface area (TPSA) is 55.6 Å². The molecule has 3 rings (SSSR count). The van der Waals surface area contributed by atoms with E-state index >= 15 is 0 Å². The molecule has 1 saturated heterocycles. The summed E-state index contributed by atoms with van der Waals surface area (Å²) in [7, 11) is 0. The van der Waals surface area contributed by atoms with Crippen LogP contribution in [0.5, 0.6) is 0 Å². The maximum Gasteiger partial charge on any atom is 0.223 e. The number of aryl methyl sites for hydroxylation is 1. The number of rotatable bonds is 7. The largest absolute Gasteiger partial charge is 0.399 e. The average Bonchev–Trinajstić information content (AvgIpc) is 3.16. The molecule has 0 bridgehead atoms. The molecule has 0 radical (unpaired) electrons. The molecule has 25 heavy (non-hydrogen) atoms. The minimum absolute atomic E-state index is 0.190. The molecule has 2 aromatic rings. The summed E-state index contributed by atoms with van der Waals surface area (Å²) >= 11 is 0. The molecule has 2 N–H and O–H groups in total. The van der Waals surface area contributed by atoms with E-state index in [9.17, 15) is 4.79 Å². The van der Waals surface area contributed by atoms with Gasteiger partial charge in [0.1, 0.15) is 0 Å². The number of nitrogens with two attached hydrogens (primary N) is 1. The van der Waals surface area contributed by atoms with Gasteiger partial charge < -0.3 is 15.4 Å². The minimum Gasteiger partial charge on any atom is -0.399 e. The summed E-state index contributed by atoms with van der Waals surface area (Å²) in [5.41, 5.74) is 9.05. The zero-order chi connectivity index (χ0) is 17.5. The third-order valence-electron chi connectivity index (χ3n) is 4.81. The predicted octanol–water partition coefficient (Wildman–Crippen LogP) is 3.06. The number of hydrogen-bond donors (Lipinski definition) is 1. The van der Waals surface area contributed by atoms with E-state index in [4.69, 9.17) is 10.5 Å². The Kier molecular flexibility index (Phi) is 6.07. The maximum atomic E-state index is 12.9. The van der Waals surface area contributed by atoms with Crippen LogP contribution in [0.15, 0.2) is 54.6 Å². The minimum atomic E-state index is 0.190. The second-order valence-electron chi connectivity index (χ2n) is 6.54. The van der Waals surface area contributed by atoms with Crippen molar-refractivity contribution < 1.29 is 9.53 Å². The second kappa shape index (κ2) is 8.67. The van der Waals surface area contributed by atoms with E-state index in [1.54, 1.807) is 0 Å². The lowest BCUT2D eigenvalue weighted by atomic mass is 10.1. The highest BCUT2D eigenvalue weighted by atomic mass is 16.5. The van der Waals surface area contributed by atoms with Gasteiger partial charge in [0.2, 0.25) is 5.91 Å². The number of nitrogens with zero attached hydrogens (tertiary/aromatic N) is 1. The van der Waals surface area contributed by atoms with E-state index in [-0.39, 0.29) is 11.9 Å². The van der Waals surface area contributed by atoms with Crippen LogP contribution in [0.3, 0.4) is 0 Å². The number of benzene rings is 2. The molecule has 132 valence electrons. The van der Waals surface area contributed by atoms with Crippen LogP contribution in [0.1, 0.15) is 24.0 Å². The van der Waals surface area contributed by atoms with Crippen molar-refractivity contribution >= 4 is 11.6 Å². The molecule has 0 aromatic heterocycles. The SMILES string of the molecule is Nc1ccccc1CCC(=O)N(CCc1ccccc1)C1CCOC1. The highest BCUT2D eigenvalue weighted by Gasteiger charge is 2.26. The first-order chi connectivity index (χ1) is 12.2. The lowest BCUT2D eigenvalue weighted by Crippen LogP contribution is -2.42. The molecular weight excluding hydrogens is 312 g/mol. The number of anilines is 1. The van der Waals surface area contributed by atoms with Crippen LogP contribution in [0, 0.1) is 0 Å². The molecule has 1 fully saturated rings. The Labute approximate surface area is 149 Å². The summed E-state index contributed by atoms with van der Waals surface area (Å²) in [5.74, 6) is 0.190. The van der Waals surface area contributed by atoms with Crippen molar-refractivity contribution in [2.45, 2.75) is 31.7 Å². The Morgan fingerprint density at radius 2 is 1.84 bits per heavy atom. The van der Waals surface area contributed by atoms with Gasteiger partial charge in [0.05, 0.1) is 12.6 Å². The van der Waals surface area contributed by atoms with Gasteiger partial charge in [0.25, 0.3) is 0 Å². The monoisotopic (exact) mass is 338 g/mol. The zero-order valence-electron chi connectivity index (χ0n) is 14.6. The fraction of sp³-hybridized carbons (Fsp3) is 0.381. The molecule has 1 aliphatic rings. The van der Waals surface area contributed by atoms with Crippen LogP contribution in [0.2, 0.25) is 0 Å². The van der Waals surface area contributed by atoms with Crippen LogP contribution >= 0.6 is 0 Å². The summed E-state index contributed by atoms with van der Waals surface area (Å²) in [5, 5.41) is 0. The number of carbonyl (C=O) groups is 1. The van der Waals surface area contributed by atoms with Crippen molar-refractivity contribution in [1.29, 1.82) is 0 Å². The van der Waals surface area contributed by atoms with Gasteiger partial charge in [-0.15, -0.1) is 0 Å². The van der Waals surface area contributed by atoms with E-state index in [0.717, 1.165) is 37.2 Å². The van der Waals surface area contributed by atoms with Gasteiger partial charge in [-0.1, -0.05) is 48.5 Å². The fourth-order valence-corrected chi connectivity index (χ4v) is 3.32. The molecule has 4 heteroatoms. The molecular formula is C21H26N2O2. The second-order valence-corrected chi connectivity index (χ2v) is 6.54. The Morgan fingerprint density at radius 1 is 1.08 bits per heavy atom. The Bertz CT molecular complexity index is 681. The third-order valence-corrected chi connectivity index (χ3v) is 4.81. The van der Waals surface area contributed by atoms with Crippen molar-refractivity contribution in [2.24, 2.45) is 0 Å². The van der Waals surface area contributed by atoms with Crippen molar-refractivity contribution in [1.82, 2.24) is 4.90 Å².